The van der Waals surface area contributed by atoms with E-state index >= 15 is 0 Å². The van der Waals surface area contributed by atoms with E-state index in [2.05, 4.69) is 10.3 Å². The van der Waals surface area contributed by atoms with Gasteiger partial charge in [-0.05, 0) is 23.6 Å². The molecule has 1 N–H and O–H groups in total. The van der Waals surface area contributed by atoms with Crippen molar-refractivity contribution >= 4 is 15.9 Å². The van der Waals surface area contributed by atoms with E-state index in [0.717, 1.165) is 22.5 Å². The van der Waals surface area contributed by atoms with Crippen LogP contribution in [0.15, 0.2) is 29.4 Å². The number of halogens is 1. The zero-order chi connectivity index (χ0) is 16.5. The quantitative estimate of drug-likeness (QED) is 0.911. The fourth-order valence-electron chi connectivity index (χ4n) is 1.83. The molecular formula is C13H15FN4O3S. The highest BCUT2D eigenvalue weighted by molar-refractivity contribution is 7.90. The monoisotopic (exact) mass is 326 g/mol. The van der Waals surface area contributed by atoms with Crippen molar-refractivity contribution in [1.82, 2.24) is 19.7 Å². The van der Waals surface area contributed by atoms with Gasteiger partial charge in [-0.3, -0.25) is 4.79 Å². The summed E-state index contributed by atoms with van der Waals surface area (Å²) in [6.45, 7) is 3.76. The third kappa shape index (κ3) is 3.14. The molecule has 1 aromatic heterocycles. The summed E-state index contributed by atoms with van der Waals surface area (Å²) in [6, 6.07) is 4.03. The maximum atomic E-state index is 13.8. The minimum absolute atomic E-state index is 0.0741. The lowest BCUT2D eigenvalue weighted by atomic mass is 10.0. The average Bonchev–Trinajstić information content (AvgIpc) is 2.85. The van der Waals surface area contributed by atoms with Gasteiger partial charge in [0.1, 0.15) is 5.82 Å². The molecule has 0 aliphatic carbocycles. The van der Waals surface area contributed by atoms with Crippen molar-refractivity contribution in [3.63, 3.8) is 0 Å². The summed E-state index contributed by atoms with van der Waals surface area (Å²) in [4.78, 5) is 12.1. The Morgan fingerprint density at radius 1 is 1.36 bits per heavy atom. The van der Waals surface area contributed by atoms with Crippen molar-refractivity contribution < 1.29 is 17.6 Å². The topological polar surface area (TPSA) is 93.9 Å². The molecule has 1 heterocycles. The minimum atomic E-state index is -4.17. The van der Waals surface area contributed by atoms with Crippen molar-refractivity contribution in [2.24, 2.45) is 7.05 Å². The predicted octanol–water partition coefficient (Wildman–Crippen LogP) is 1.20. The largest absolute Gasteiger partial charge is 0.283 e. The highest BCUT2D eigenvalue weighted by Crippen LogP contribution is 2.18. The smallest absolute Gasteiger partial charge is 0.268 e. The van der Waals surface area contributed by atoms with Crippen molar-refractivity contribution in [1.29, 1.82) is 0 Å². The van der Waals surface area contributed by atoms with E-state index in [-0.39, 0.29) is 16.5 Å². The van der Waals surface area contributed by atoms with Gasteiger partial charge in [-0.1, -0.05) is 25.1 Å². The van der Waals surface area contributed by atoms with E-state index in [4.69, 9.17) is 0 Å². The van der Waals surface area contributed by atoms with Gasteiger partial charge in [0.15, 0.2) is 5.03 Å². The Balaban J connectivity index is 2.34. The van der Waals surface area contributed by atoms with Crippen LogP contribution in [0.5, 0.6) is 0 Å². The van der Waals surface area contributed by atoms with Crippen molar-refractivity contribution in [2.75, 3.05) is 0 Å². The molecule has 0 aliphatic rings. The number of aromatic nitrogens is 3. The first kappa shape index (κ1) is 16.1. The fraction of sp³-hybridized carbons (Fsp3) is 0.308. The Morgan fingerprint density at radius 3 is 2.59 bits per heavy atom. The van der Waals surface area contributed by atoms with Crippen molar-refractivity contribution in [2.45, 2.75) is 24.8 Å². The number of carbonyl (C=O) groups is 1. The molecule has 22 heavy (non-hydrogen) atoms. The maximum absolute atomic E-state index is 13.8. The molecule has 1 amide bonds. The Kier molecular flexibility index (Phi) is 4.27. The number of nitrogens with one attached hydrogen (secondary N) is 1. The average molecular weight is 326 g/mol. The summed E-state index contributed by atoms with van der Waals surface area (Å²) in [5.74, 6) is -1.76. The third-order valence-corrected chi connectivity index (χ3v) is 4.45. The molecule has 0 spiro atoms. The lowest BCUT2D eigenvalue weighted by Gasteiger charge is -2.10. The Hall–Kier alpha value is -2.29. The lowest BCUT2D eigenvalue weighted by Crippen LogP contribution is -2.32. The minimum Gasteiger partial charge on any atom is -0.268 e. The van der Waals surface area contributed by atoms with E-state index in [1.807, 2.05) is 18.6 Å². The number of rotatable bonds is 4. The van der Waals surface area contributed by atoms with Crippen molar-refractivity contribution in [3.8, 4) is 0 Å². The van der Waals surface area contributed by atoms with Gasteiger partial charge < -0.3 is 0 Å². The lowest BCUT2D eigenvalue weighted by molar-refractivity contribution is 0.0977. The number of benzene rings is 1. The first-order valence-corrected chi connectivity index (χ1v) is 7.92. The highest BCUT2D eigenvalue weighted by Gasteiger charge is 2.24. The number of sulfonamides is 1. The van der Waals surface area contributed by atoms with Gasteiger partial charge in [-0.25, -0.2) is 13.8 Å². The van der Waals surface area contributed by atoms with Crippen LogP contribution in [0.2, 0.25) is 0 Å². The predicted molar refractivity (Wildman–Crippen MR) is 76.1 cm³/mol. The molecule has 0 saturated heterocycles. The van der Waals surface area contributed by atoms with Crippen LogP contribution in [-0.2, 0) is 17.1 Å². The van der Waals surface area contributed by atoms with Gasteiger partial charge in [0, 0.05) is 7.05 Å². The van der Waals surface area contributed by atoms with E-state index in [9.17, 15) is 17.6 Å². The Labute approximate surface area is 127 Å². The van der Waals surface area contributed by atoms with Gasteiger partial charge in [0.2, 0.25) is 0 Å². The molecule has 1 aromatic carbocycles. The van der Waals surface area contributed by atoms with Gasteiger partial charge in [-0.15, -0.1) is 5.10 Å². The number of amides is 1. The molecule has 0 atom stereocenters. The Morgan fingerprint density at radius 2 is 2.05 bits per heavy atom. The van der Waals surface area contributed by atoms with Crippen LogP contribution in [0.4, 0.5) is 4.39 Å². The highest BCUT2D eigenvalue weighted by atomic mass is 32.2. The molecule has 7 nitrogen and oxygen atoms in total. The number of hydrogen-bond acceptors (Lipinski definition) is 5. The van der Waals surface area contributed by atoms with Crippen LogP contribution >= 0.6 is 0 Å². The van der Waals surface area contributed by atoms with Crippen LogP contribution < -0.4 is 4.72 Å². The zero-order valence-corrected chi connectivity index (χ0v) is 13.1. The third-order valence-electron chi connectivity index (χ3n) is 3.08. The van der Waals surface area contributed by atoms with E-state index in [1.54, 1.807) is 6.07 Å². The van der Waals surface area contributed by atoms with Crippen LogP contribution in [-0.4, -0.2) is 29.3 Å². The van der Waals surface area contributed by atoms with Crippen LogP contribution in [0.3, 0.4) is 0 Å². The van der Waals surface area contributed by atoms with E-state index in [0.29, 0.717) is 0 Å². The zero-order valence-electron chi connectivity index (χ0n) is 12.2. The van der Waals surface area contributed by atoms with Crippen molar-refractivity contribution in [3.05, 3.63) is 41.3 Å². The SMILES string of the molecule is CC(C)c1ccc(F)c(C(=O)NS(=O)(=O)c2cnnn2C)c1. The second kappa shape index (κ2) is 5.84. The molecule has 9 heteroatoms. The summed E-state index contributed by atoms with van der Waals surface area (Å²) in [5, 5.41) is 6.62. The van der Waals surface area contributed by atoms with Gasteiger partial charge in [0.25, 0.3) is 15.9 Å². The number of nitrogens with zero attached hydrogens (tertiary/aromatic N) is 3. The summed E-state index contributed by atoms with van der Waals surface area (Å²) in [6.07, 6.45) is 0.997. The van der Waals surface area contributed by atoms with Crippen LogP contribution in [0.25, 0.3) is 0 Å². The molecule has 0 saturated carbocycles. The maximum Gasteiger partial charge on any atom is 0.283 e. The molecule has 0 fully saturated rings. The van der Waals surface area contributed by atoms with Gasteiger partial charge in [-0.2, -0.15) is 8.42 Å². The van der Waals surface area contributed by atoms with Gasteiger partial charge >= 0.3 is 0 Å². The van der Waals surface area contributed by atoms with E-state index in [1.165, 1.54) is 13.1 Å². The van der Waals surface area contributed by atoms with Crippen LogP contribution in [0.1, 0.15) is 35.7 Å². The molecule has 0 aliphatic heterocycles. The molecular weight excluding hydrogens is 311 g/mol. The summed E-state index contributed by atoms with van der Waals surface area (Å²) in [5.41, 5.74) is 0.399. The Bertz CT molecular complexity index is 814. The van der Waals surface area contributed by atoms with E-state index < -0.39 is 21.7 Å². The molecule has 0 radical (unpaired) electrons. The first-order chi connectivity index (χ1) is 10.2. The fourth-order valence-corrected chi connectivity index (χ4v) is 2.86. The second-order valence-corrected chi connectivity index (χ2v) is 6.65. The molecule has 0 bridgehead atoms. The molecule has 2 rings (SSSR count). The normalized spacial score (nSPS) is 11.7. The summed E-state index contributed by atoms with van der Waals surface area (Å²) < 4.78 is 40.8. The molecule has 0 unspecified atom stereocenters. The van der Waals surface area contributed by atoms with Crippen LogP contribution in [0, 0.1) is 5.82 Å². The number of carbonyl (C=O) groups excluding carboxylic acids is 1. The molecule has 118 valence electrons. The summed E-state index contributed by atoms with van der Waals surface area (Å²) in [7, 11) is -2.81. The second-order valence-electron chi connectivity index (χ2n) is 5.02. The summed E-state index contributed by atoms with van der Waals surface area (Å²) >= 11 is 0. The van der Waals surface area contributed by atoms with Gasteiger partial charge in [0.05, 0.1) is 11.8 Å². The number of aryl methyl sites for hydroxylation is 1. The molecule has 2 aromatic rings. The first-order valence-electron chi connectivity index (χ1n) is 6.43. The number of hydrogen-bond donors (Lipinski definition) is 1. The standard InChI is InChI=1S/C13H15FN4O3S/c1-8(2)9-4-5-11(14)10(6-9)13(19)16-22(20,21)12-7-15-17-18(12)3/h4-8H,1-3H3,(H,16,19).